The Labute approximate surface area is 109 Å². The topological polar surface area (TPSA) is 59.4 Å². The van der Waals surface area contributed by atoms with E-state index >= 15 is 0 Å². The molecule has 0 saturated heterocycles. The van der Waals surface area contributed by atoms with Crippen molar-refractivity contribution in [2.24, 2.45) is 4.99 Å². The van der Waals surface area contributed by atoms with Crippen LogP contribution in [0.25, 0.3) is 17.0 Å². The van der Waals surface area contributed by atoms with Crippen molar-refractivity contribution in [1.82, 2.24) is 4.98 Å². The van der Waals surface area contributed by atoms with Crippen LogP contribution in [0.3, 0.4) is 0 Å². The molecule has 0 aliphatic carbocycles. The molecular weight excluding hydrogens is 305 g/mol. The van der Waals surface area contributed by atoms with Gasteiger partial charge in [0.25, 0.3) is 0 Å². The predicted molar refractivity (Wildman–Crippen MR) is 57.0 cm³/mol. The average molecular weight is 311 g/mol. The van der Waals surface area contributed by atoms with Gasteiger partial charge in [-0.2, -0.15) is 0 Å². The number of aromatic nitrogens is 1. The van der Waals surface area contributed by atoms with Crippen molar-refractivity contribution < 1.29 is 29.1 Å². The molecule has 1 aromatic carbocycles. The molecule has 0 bridgehead atoms. The Morgan fingerprint density at radius 1 is 1.06 bits per heavy atom. The van der Waals surface area contributed by atoms with Crippen molar-refractivity contribution in [1.29, 1.82) is 0 Å². The second kappa shape index (κ2) is 4.26. The number of carbonyl (C=O) groups is 2. The quantitative estimate of drug-likeness (QED) is 0.498. The van der Waals surface area contributed by atoms with Gasteiger partial charge in [-0.15, -0.1) is 0 Å². The number of pyridine rings is 1. The van der Waals surface area contributed by atoms with Gasteiger partial charge in [-0.05, 0) is 18.2 Å². The number of Topliss-reactive ketones (excluding diaryl/α,β-unsaturated/α-hetero) is 1. The molecule has 0 atom stereocenters. The number of hydrogen-bond acceptors (Lipinski definition) is 3. The number of fused-ring (bicyclic) bond motifs is 3. The van der Waals surface area contributed by atoms with Gasteiger partial charge in [0.1, 0.15) is 0 Å². The third-order valence-electron chi connectivity index (χ3n) is 2.50. The van der Waals surface area contributed by atoms with Crippen LogP contribution in [-0.4, -0.2) is 16.7 Å². The minimum absolute atomic E-state index is 0. The first kappa shape index (κ1) is 11.7. The van der Waals surface area contributed by atoms with Gasteiger partial charge >= 0.3 is 5.91 Å². The molecule has 1 amide bonds. The van der Waals surface area contributed by atoms with Gasteiger partial charge in [0, 0.05) is 42.4 Å². The first-order valence-electron chi connectivity index (χ1n) is 4.78. The van der Waals surface area contributed by atoms with Crippen molar-refractivity contribution in [3.63, 3.8) is 0 Å². The van der Waals surface area contributed by atoms with Crippen molar-refractivity contribution in [2.75, 3.05) is 0 Å². The van der Waals surface area contributed by atoms with Crippen LogP contribution in [0.15, 0.2) is 35.5 Å². The van der Waals surface area contributed by atoms with Crippen LogP contribution in [0.4, 0.5) is 0 Å². The zero-order chi connectivity index (χ0) is 11.1. The number of rotatable bonds is 0. The largest absolute Gasteiger partial charge is 0.318 e. The summed E-state index contributed by atoms with van der Waals surface area (Å²) in [6, 6.07) is 7.17. The van der Waals surface area contributed by atoms with Crippen molar-refractivity contribution >= 4 is 28.7 Å². The maximum atomic E-state index is 11.2. The minimum Gasteiger partial charge on any atom is -0.284 e. The van der Waals surface area contributed by atoms with Crippen LogP contribution in [-0.2, 0) is 29.1 Å². The van der Waals surface area contributed by atoms with Gasteiger partial charge in [-0.1, -0.05) is 6.07 Å². The number of amides is 1. The van der Waals surface area contributed by atoms with E-state index in [2.05, 4.69) is 9.98 Å². The molecule has 3 rings (SSSR count). The first-order valence-corrected chi connectivity index (χ1v) is 4.78. The summed E-state index contributed by atoms with van der Waals surface area (Å²) < 4.78 is 0. The number of carbonyl (C=O) groups excluding carboxylic acids is 2. The van der Waals surface area contributed by atoms with E-state index in [-0.39, 0.29) is 19.5 Å². The molecule has 1 aromatic heterocycles. The van der Waals surface area contributed by atoms with E-state index in [1.54, 1.807) is 18.3 Å². The summed E-state index contributed by atoms with van der Waals surface area (Å²) in [4.78, 5) is 30.4. The molecule has 84 valence electrons. The fraction of sp³-hybridized carbons (Fsp3) is 0. The third-order valence-corrected chi connectivity index (χ3v) is 2.50. The SMILES string of the molecule is O=C1C=c2ccc3ncccc3c2=NC1=O.[Ru]. The van der Waals surface area contributed by atoms with Gasteiger partial charge in [0.2, 0.25) is 5.78 Å². The maximum Gasteiger partial charge on any atom is 0.318 e. The van der Waals surface area contributed by atoms with Crippen molar-refractivity contribution in [2.45, 2.75) is 0 Å². The number of nitrogens with zero attached hydrogens (tertiary/aromatic N) is 2. The summed E-state index contributed by atoms with van der Waals surface area (Å²) in [7, 11) is 0. The van der Waals surface area contributed by atoms with E-state index in [0.717, 1.165) is 10.9 Å². The molecule has 2 aromatic rings. The standard InChI is InChI=1S/C12H6N2O2.Ru/c15-10-6-7-3-4-9-8(2-1-5-13-9)11(7)14-12(10)16;/h1-6H;. The fourth-order valence-electron chi connectivity index (χ4n) is 1.75. The van der Waals surface area contributed by atoms with Crippen LogP contribution < -0.4 is 10.6 Å². The molecule has 0 unspecified atom stereocenters. The smallest absolute Gasteiger partial charge is 0.284 e. The van der Waals surface area contributed by atoms with E-state index in [1.165, 1.54) is 6.08 Å². The Morgan fingerprint density at radius 2 is 1.88 bits per heavy atom. The van der Waals surface area contributed by atoms with Crippen molar-refractivity contribution in [3.05, 3.63) is 41.0 Å². The summed E-state index contributed by atoms with van der Waals surface area (Å²) in [6.45, 7) is 0. The summed E-state index contributed by atoms with van der Waals surface area (Å²) in [5.41, 5.74) is 0.764. The van der Waals surface area contributed by atoms with Crippen LogP contribution in [0.5, 0.6) is 0 Å². The molecule has 1 aliphatic rings. The van der Waals surface area contributed by atoms with E-state index in [4.69, 9.17) is 0 Å². The molecule has 0 radical (unpaired) electrons. The van der Waals surface area contributed by atoms with Crippen LogP contribution in [0.1, 0.15) is 0 Å². The molecule has 0 spiro atoms. The Balaban J connectivity index is 0.00000108. The Hall–Kier alpha value is -1.74. The fourth-order valence-corrected chi connectivity index (χ4v) is 1.75. The maximum absolute atomic E-state index is 11.2. The number of ketones is 1. The van der Waals surface area contributed by atoms with E-state index in [0.29, 0.717) is 10.6 Å². The monoisotopic (exact) mass is 312 g/mol. The minimum atomic E-state index is -0.719. The zero-order valence-electron chi connectivity index (χ0n) is 8.53. The summed E-state index contributed by atoms with van der Waals surface area (Å²) in [5.74, 6) is -1.29. The molecule has 1 aliphatic heterocycles. The van der Waals surface area contributed by atoms with E-state index < -0.39 is 11.7 Å². The molecule has 5 heteroatoms. The van der Waals surface area contributed by atoms with Gasteiger partial charge in [-0.25, -0.2) is 4.99 Å². The first-order chi connectivity index (χ1) is 7.75. The van der Waals surface area contributed by atoms with Gasteiger partial charge in [0.05, 0.1) is 10.9 Å². The molecule has 2 heterocycles. The summed E-state index contributed by atoms with van der Waals surface area (Å²) in [5, 5.41) is 2.00. The molecule has 4 nitrogen and oxygen atoms in total. The summed E-state index contributed by atoms with van der Waals surface area (Å²) >= 11 is 0. The van der Waals surface area contributed by atoms with E-state index in [1.807, 2.05) is 12.1 Å². The molecule has 0 N–H and O–H groups in total. The Kier molecular flexibility index (Phi) is 2.94. The van der Waals surface area contributed by atoms with Gasteiger partial charge in [-0.3, -0.25) is 14.6 Å². The predicted octanol–water partition coefficient (Wildman–Crippen LogP) is -0.258. The van der Waals surface area contributed by atoms with Crippen molar-refractivity contribution in [3.8, 4) is 0 Å². The van der Waals surface area contributed by atoms with Crippen LogP contribution in [0, 0.1) is 0 Å². The Bertz CT molecular complexity index is 753. The second-order valence-electron chi connectivity index (χ2n) is 3.50. The molecular formula is C12H6N2O2Ru. The number of benzene rings is 1. The normalized spacial score (nSPS) is 13.4. The van der Waals surface area contributed by atoms with Crippen LogP contribution in [0.2, 0.25) is 0 Å². The third kappa shape index (κ3) is 1.83. The second-order valence-corrected chi connectivity index (χ2v) is 3.50. The molecule has 17 heavy (non-hydrogen) atoms. The zero-order valence-corrected chi connectivity index (χ0v) is 10.3. The van der Waals surface area contributed by atoms with Gasteiger partial charge in [0.15, 0.2) is 0 Å². The van der Waals surface area contributed by atoms with Gasteiger partial charge < -0.3 is 0 Å². The Morgan fingerprint density at radius 3 is 2.71 bits per heavy atom. The molecule has 0 fully saturated rings. The average Bonchev–Trinajstić information content (AvgIpc) is 2.31. The summed E-state index contributed by atoms with van der Waals surface area (Å²) in [6.07, 6.45) is 2.99. The molecule has 0 saturated carbocycles. The number of hydrogen-bond donors (Lipinski definition) is 0. The van der Waals surface area contributed by atoms with E-state index in [9.17, 15) is 9.59 Å². The van der Waals surface area contributed by atoms with Crippen LogP contribution >= 0.6 is 0 Å².